The molecule has 2 heterocycles. The van der Waals surface area contributed by atoms with E-state index in [2.05, 4.69) is 58.7 Å². The lowest BCUT2D eigenvalue weighted by molar-refractivity contribution is -0.113. The molecule has 2 aromatic carbocycles. The Labute approximate surface area is 165 Å². The van der Waals surface area contributed by atoms with E-state index in [4.69, 9.17) is 0 Å². The van der Waals surface area contributed by atoms with Gasteiger partial charge in [-0.1, -0.05) is 61.2 Å². The highest BCUT2D eigenvalue weighted by atomic mass is 16.1. The summed E-state index contributed by atoms with van der Waals surface area (Å²) >= 11 is 0. The third-order valence-electron chi connectivity index (χ3n) is 5.38. The highest BCUT2D eigenvalue weighted by Gasteiger charge is 2.25. The lowest BCUT2D eigenvalue weighted by Crippen LogP contribution is -2.22. The molecule has 0 aliphatic carbocycles. The SMILES string of the molecule is C=C(c1cc2ccccc2n1C)C1C=CN(Cc2ccccc2)C=C1C(C)=O. The van der Waals surface area contributed by atoms with Crippen LogP contribution in [0.25, 0.3) is 16.5 Å². The Bertz CT molecular complexity index is 1100. The molecule has 4 rings (SSSR count). The average Bonchev–Trinajstić information content (AvgIpc) is 3.05. The first-order valence-electron chi connectivity index (χ1n) is 9.49. The van der Waals surface area contributed by atoms with Crippen molar-refractivity contribution in [2.45, 2.75) is 13.5 Å². The minimum atomic E-state index is -0.118. The van der Waals surface area contributed by atoms with Gasteiger partial charge in [-0.15, -0.1) is 0 Å². The fourth-order valence-corrected chi connectivity index (χ4v) is 3.86. The number of allylic oxidation sites excluding steroid dienone is 3. The third-order valence-corrected chi connectivity index (χ3v) is 5.38. The van der Waals surface area contributed by atoms with Crippen molar-refractivity contribution in [3.8, 4) is 0 Å². The number of carbonyl (C=O) groups excluding carboxylic acids is 1. The van der Waals surface area contributed by atoms with E-state index in [0.29, 0.717) is 0 Å². The maximum absolute atomic E-state index is 12.4. The van der Waals surface area contributed by atoms with Crippen LogP contribution in [0.1, 0.15) is 18.2 Å². The van der Waals surface area contributed by atoms with Gasteiger partial charge < -0.3 is 9.47 Å². The van der Waals surface area contributed by atoms with Crippen LogP contribution in [-0.2, 0) is 18.4 Å². The van der Waals surface area contributed by atoms with Gasteiger partial charge in [0.2, 0.25) is 0 Å². The zero-order valence-corrected chi connectivity index (χ0v) is 16.3. The summed E-state index contributed by atoms with van der Waals surface area (Å²) in [6, 6.07) is 20.7. The van der Waals surface area contributed by atoms with E-state index < -0.39 is 0 Å². The molecule has 28 heavy (non-hydrogen) atoms. The zero-order chi connectivity index (χ0) is 19.7. The van der Waals surface area contributed by atoms with Crippen molar-refractivity contribution in [3.63, 3.8) is 0 Å². The van der Waals surface area contributed by atoms with Crippen LogP contribution < -0.4 is 0 Å². The van der Waals surface area contributed by atoms with Crippen LogP contribution in [0.5, 0.6) is 0 Å². The number of nitrogens with zero attached hydrogens (tertiary/aromatic N) is 2. The molecule has 3 heteroatoms. The van der Waals surface area contributed by atoms with Crippen molar-refractivity contribution in [1.29, 1.82) is 0 Å². The van der Waals surface area contributed by atoms with E-state index in [1.807, 2.05) is 43.6 Å². The molecule has 1 atom stereocenters. The Morgan fingerprint density at radius 2 is 1.79 bits per heavy atom. The molecule has 0 saturated heterocycles. The number of hydrogen-bond acceptors (Lipinski definition) is 2. The van der Waals surface area contributed by atoms with Crippen LogP contribution in [0.4, 0.5) is 0 Å². The first-order valence-corrected chi connectivity index (χ1v) is 9.49. The molecule has 1 aliphatic rings. The monoisotopic (exact) mass is 368 g/mol. The maximum atomic E-state index is 12.4. The van der Waals surface area contributed by atoms with E-state index >= 15 is 0 Å². The third kappa shape index (κ3) is 3.31. The van der Waals surface area contributed by atoms with Crippen molar-refractivity contribution in [3.05, 3.63) is 103 Å². The van der Waals surface area contributed by atoms with Crippen LogP contribution in [0, 0.1) is 5.92 Å². The van der Waals surface area contributed by atoms with Gasteiger partial charge in [0.1, 0.15) is 0 Å². The zero-order valence-electron chi connectivity index (χ0n) is 16.3. The fourth-order valence-electron chi connectivity index (χ4n) is 3.86. The first-order chi connectivity index (χ1) is 13.5. The average molecular weight is 368 g/mol. The summed E-state index contributed by atoms with van der Waals surface area (Å²) < 4.78 is 2.15. The highest BCUT2D eigenvalue weighted by Crippen LogP contribution is 2.35. The molecular formula is C25H24N2O. The largest absolute Gasteiger partial charge is 0.350 e. The van der Waals surface area contributed by atoms with Gasteiger partial charge in [0, 0.05) is 54.1 Å². The second kappa shape index (κ2) is 7.35. The molecule has 3 aromatic rings. The van der Waals surface area contributed by atoms with Crippen molar-refractivity contribution in [1.82, 2.24) is 9.47 Å². The number of hydrogen-bond donors (Lipinski definition) is 0. The Hall–Kier alpha value is -3.33. The second-order valence-electron chi connectivity index (χ2n) is 7.29. The summed E-state index contributed by atoms with van der Waals surface area (Å²) in [4.78, 5) is 14.5. The second-order valence-corrected chi connectivity index (χ2v) is 7.29. The fraction of sp³-hybridized carbons (Fsp3) is 0.160. The number of carbonyl (C=O) groups is 1. The van der Waals surface area contributed by atoms with Crippen molar-refractivity contribution >= 4 is 22.3 Å². The summed E-state index contributed by atoms with van der Waals surface area (Å²) in [7, 11) is 2.05. The number of para-hydroxylation sites is 1. The molecule has 0 fully saturated rings. The van der Waals surface area contributed by atoms with Gasteiger partial charge in [-0.3, -0.25) is 4.79 Å². The van der Waals surface area contributed by atoms with Gasteiger partial charge in [0.15, 0.2) is 5.78 Å². The summed E-state index contributed by atoms with van der Waals surface area (Å²) in [5.41, 5.74) is 5.14. The predicted octanol–water partition coefficient (Wildman–Crippen LogP) is 5.31. The Balaban J connectivity index is 1.64. The quantitative estimate of drug-likeness (QED) is 0.610. The number of fused-ring (bicyclic) bond motifs is 1. The topological polar surface area (TPSA) is 25.2 Å². The number of rotatable bonds is 5. The van der Waals surface area contributed by atoms with Crippen molar-refractivity contribution in [2.75, 3.05) is 0 Å². The van der Waals surface area contributed by atoms with Crippen LogP contribution in [0.3, 0.4) is 0 Å². The van der Waals surface area contributed by atoms with Crippen molar-refractivity contribution in [2.24, 2.45) is 13.0 Å². The van der Waals surface area contributed by atoms with E-state index in [-0.39, 0.29) is 11.7 Å². The maximum Gasteiger partial charge on any atom is 0.158 e. The Morgan fingerprint density at radius 3 is 2.50 bits per heavy atom. The van der Waals surface area contributed by atoms with Gasteiger partial charge in [-0.25, -0.2) is 0 Å². The van der Waals surface area contributed by atoms with E-state index in [9.17, 15) is 4.79 Å². The van der Waals surface area contributed by atoms with Gasteiger partial charge >= 0.3 is 0 Å². The molecular weight excluding hydrogens is 344 g/mol. The number of aryl methyl sites for hydroxylation is 1. The van der Waals surface area contributed by atoms with E-state index in [0.717, 1.165) is 28.9 Å². The molecule has 1 aliphatic heterocycles. The first kappa shape index (κ1) is 18.1. The van der Waals surface area contributed by atoms with Crippen LogP contribution >= 0.6 is 0 Å². The Morgan fingerprint density at radius 1 is 1.07 bits per heavy atom. The molecule has 0 saturated carbocycles. The van der Waals surface area contributed by atoms with E-state index in [1.165, 1.54) is 10.9 Å². The lowest BCUT2D eigenvalue weighted by Gasteiger charge is -2.27. The molecule has 0 amide bonds. The molecule has 1 unspecified atom stereocenters. The van der Waals surface area contributed by atoms with Gasteiger partial charge in [-0.05, 0) is 30.2 Å². The summed E-state index contributed by atoms with van der Waals surface area (Å²) in [6.45, 7) is 6.73. The number of Topliss-reactive ketones (excluding diaryl/α,β-unsaturated/α-hetero) is 1. The van der Waals surface area contributed by atoms with Crippen molar-refractivity contribution < 1.29 is 4.79 Å². The van der Waals surface area contributed by atoms with Gasteiger partial charge in [0.05, 0.1) is 0 Å². The van der Waals surface area contributed by atoms with Crippen LogP contribution in [0.2, 0.25) is 0 Å². The smallest absolute Gasteiger partial charge is 0.158 e. The molecule has 140 valence electrons. The molecule has 0 radical (unpaired) electrons. The molecule has 0 N–H and O–H groups in total. The van der Waals surface area contributed by atoms with E-state index in [1.54, 1.807) is 6.92 Å². The summed E-state index contributed by atoms with van der Waals surface area (Å²) in [5.74, 6) is -0.0418. The number of aromatic nitrogens is 1. The van der Waals surface area contributed by atoms with Gasteiger partial charge in [-0.2, -0.15) is 0 Å². The number of benzene rings is 2. The minimum Gasteiger partial charge on any atom is -0.350 e. The highest BCUT2D eigenvalue weighted by molar-refractivity contribution is 5.98. The standard InChI is InChI=1S/C25H24N2O/c1-18(25-15-21-11-7-8-12-24(21)26(25)3)22-13-14-27(17-23(22)19(2)28)16-20-9-5-4-6-10-20/h4-15,17,22H,1,16H2,2-3H3. The Kier molecular flexibility index (Phi) is 4.74. The molecule has 3 nitrogen and oxygen atoms in total. The van der Waals surface area contributed by atoms with Crippen LogP contribution in [-0.4, -0.2) is 15.3 Å². The molecule has 0 spiro atoms. The van der Waals surface area contributed by atoms with Crippen LogP contribution in [0.15, 0.2) is 91.3 Å². The van der Waals surface area contributed by atoms with Gasteiger partial charge in [0.25, 0.3) is 0 Å². The predicted molar refractivity (Wildman–Crippen MR) is 115 cm³/mol. The number of ketones is 1. The summed E-state index contributed by atoms with van der Waals surface area (Å²) in [6.07, 6.45) is 6.10. The minimum absolute atomic E-state index is 0.0762. The lowest BCUT2D eigenvalue weighted by atomic mass is 9.86. The summed E-state index contributed by atoms with van der Waals surface area (Å²) in [5, 5.41) is 1.18. The molecule has 1 aromatic heterocycles. The normalized spacial score (nSPS) is 16.3. The molecule has 0 bridgehead atoms.